The fraction of sp³-hybridized carbons (Fsp3) is 0.105. The minimum Gasteiger partial charge on any atom is -0.508 e. The number of aromatic nitrogens is 1. The summed E-state index contributed by atoms with van der Waals surface area (Å²) in [6, 6.07) is 17.3. The molecule has 4 nitrogen and oxygen atoms in total. The van der Waals surface area contributed by atoms with Gasteiger partial charge >= 0.3 is 0 Å². The van der Waals surface area contributed by atoms with Crippen molar-refractivity contribution in [2.75, 3.05) is 24.7 Å². The molecule has 3 rings (SSSR count). The molecule has 1 heterocycles. The smallest absolute Gasteiger partial charge is 0.131 e. The van der Waals surface area contributed by atoms with Gasteiger partial charge < -0.3 is 15.7 Å². The van der Waals surface area contributed by atoms with Crippen LogP contribution >= 0.6 is 0 Å². The third-order valence-electron chi connectivity index (χ3n) is 3.77. The first-order valence-corrected chi connectivity index (χ1v) is 7.37. The normalized spacial score (nSPS) is 10.5. The summed E-state index contributed by atoms with van der Waals surface area (Å²) in [5.74, 6) is 0.657. The minimum absolute atomic E-state index is 0.210. The second-order valence-electron chi connectivity index (χ2n) is 5.65. The highest BCUT2D eigenvalue weighted by Crippen LogP contribution is 2.32. The van der Waals surface area contributed by atoms with E-state index in [1.54, 1.807) is 24.4 Å². The molecule has 2 aromatic carbocycles. The zero-order valence-electron chi connectivity index (χ0n) is 13.2. The molecule has 0 fully saturated rings. The highest BCUT2D eigenvalue weighted by Gasteiger charge is 2.08. The number of pyridine rings is 1. The predicted octanol–water partition coefficient (Wildman–Crippen LogP) is 3.77. The van der Waals surface area contributed by atoms with E-state index in [2.05, 4.69) is 22.0 Å². The maximum atomic E-state index is 9.68. The van der Waals surface area contributed by atoms with Crippen molar-refractivity contribution in [3.63, 3.8) is 0 Å². The molecule has 0 aliphatic rings. The number of hydrogen-bond donors (Lipinski definition) is 2. The largest absolute Gasteiger partial charge is 0.508 e. The van der Waals surface area contributed by atoms with Gasteiger partial charge in [-0.2, -0.15) is 0 Å². The van der Waals surface area contributed by atoms with Crippen LogP contribution in [0.5, 0.6) is 5.75 Å². The third-order valence-corrected chi connectivity index (χ3v) is 3.77. The number of phenols is 1. The minimum atomic E-state index is 0.210. The molecule has 1 aromatic heterocycles. The Balaban J connectivity index is 2.09. The van der Waals surface area contributed by atoms with Crippen molar-refractivity contribution in [1.82, 2.24) is 4.98 Å². The van der Waals surface area contributed by atoms with Crippen LogP contribution in [0.15, 0.2) is 60.8 Å². The maximum Gasteiger partial charge on any atom is 0.131 e. The molecule has 0 radical (unpaired) electrons. The second kappa shape index (κ2) is 6.01. The molecule has 0 aliphatic carbocycles. The van der Waals surface area contributed by atoms with Crippen molar-refractivity contribution >= 4 is 11.5 Å². The van der Waals surface area contributed by atoms with Gasteiger partial charge in [0.05, 0.1) is 0 Å². The summed E-state index contributed by atoms with van der Waals surface area (Å²) in [6.07, 6.45) is 1.77. The molecule has 23 heavy (non-hydrogen) atoms. The van der Waals surface area contributed by atoms with E-state index in [1.807, 2.05) is 38.4 Å². The lowest BCUT2D eigenvalue weighted by Crippen LogP contribution is -2.08. The van der Waals surface area contributed by atoms with Crippen molar-refractivity contribution in [2.24, 2.45) is 0 Å². The molecule has 0 bridgehead atoms. The first-order valence-electron chi connectivity index (χ1n) is 7.37. The van der Waals surface area contributed by atoms with Crippen LogP contribution in [0.1, 0.15) is 0 Å². The molecule has 0 aliphatic heterocycles. The van der Waals surface area contributed by atoms with Gasteiger partial charge in [0, 0.05) is 37.1 Å². The van der Waals surface area contributed by atoms with Crippen LogP contribution < -0.4 is 10.6 Å². The van der Waals surface area contributed by atoms with Crippen LogP contribution in [0, 0.1) is 0 Å². The fourth-order valence-electron chi connectivity index (χ4n) is 2.50. The van der Waals surface area contributed by atoms with E-state index in [1.165, 1.54) is 0 Å². The summed E-state index contributed by atoms with van der Waals surface area (Å²) in [5, 5.41) is 9.68. The molecule has 3 N–H and O–H groups in total. The lowest BCUT2D eigenvalue weighted by atomic mass is 10.0. The Morgan fingerprint density at radius 3 is 2.39 bits per heavy atom. The van der Waals surface area contributed by atoms with E-state index in [9.17, 15) is 5.11 Å². The Bertz CT molecular complexity index is 844. The molecule has 116 valence electrons. The first kappa shape index (κ1) is 14.9. The molecule has 3 aromatic rings. The summed E-state index contributed by atoms with van der Waals surface area (Å²) in [5.41, 5.74) is 10.9. The van der Waals surface area contributed by atoms with Crippen LogP contribution in [0.2, 0.25) is 0 Å². The number of nitrogen functional groups attached to an aromatic ring is 1. The topological polar surface area (TPSA) is 62.4 Å². The van der Waals surface area contributed by atoms with Crippen LogP contribution in [-0.4, -0.2) is 24.2 Å². The van der Waals surface area contributed by atoms with Crippen molar-refractivity contribution in [3.8, 4) is 28.0 Å². The van der Waals surface area contributed by atoms with E-state index in [0.29, 0.717) is 5.82 Å². The Labute approximate surface area is 135 Å². The van der Waals surface area contributed by atoms with Crippen molar-refractivity contribution in [1.29, 1.82) is 0 Å². The number of phenolic OH excluding ortho intramolecular Hbond substituents is 1. The molecule has 0 amide bonds. The summed E-state index contributed by atoms with van der Waals surface area (Å²) in [6.45, 7) is 0. The lowest BCUT2D eigenvalue weighted by Gasteiger charge is -2.14. The molecule has 0 saturated heterocycles. The molecule has 4 heteroatoms. The third kappa shape index (κ3) is 3.11. The van der Waals surface area contributed by atoms with Gasteiger partial charge in [-0.1, -0.05) is 24.3 Å². The Morgan fingerprint density at radius 2 is 1.65 bits per heavy atom. The zero-order valence-corrected chi connectivity index (χ0v) is 13.2. The van der Waals surface area contributed by atoms with Crippen LogP contribution in [0.3, 0.4) is 0 Å². The quantitative estimate of drug-likeness (QED) is 0.773. The van der Waals surface area contributed by atoms with E-state index in [0.717, 1.165) is 27.9 Å². The zero-order chi connectivity index (χ0) is 16.4. The van der Waals surface area contributed by atoms with Gasteiger partial charge in [0.15, 0.2) is 0 Å². The van der Waals surface area contributed by atoms with E-state index in [4.69, 9.17) is 5.73 Å². The average molecular weight is 305 g/mol. The molecule has 0 saturated carbocycles. The van der Waals surface area contributed by atoms with Gasteiger partial charge in [-0.05, 0) is 41.5 Å². The highest BCUT2D eigenvalue weighted by atomic mass is 16.3. The Morgan fingerprint density at radius 1 is 0.913 bits per heavy atom. The van der Waals surface area contributed by atoms with Gasteiger partial charge in [0.2, 0.25) is 0 Å². The monoisotopic (exact) mass is 305 g/mol. The standard InChI is InChI=1S/C19H19N3O/c1-22(2)16-7-3-5-13(9-16)15-11-18(19(20)21-12-15)14-6-4-8-17(23)10-14/h3-12,23H,1-2H3,(H2,20,21). The summed E-state index contributed by atoms with van der Waals surface area (Å²) < 4.78 is 0. The molecule has 0 atom stereocenters. The van der Waals surface area contributed by atoms with Crippen LogP contribution in [-0.2, 0) is 0 Å². The highest BCUT2D eigenvalue weighted by molar-refractivity contribution is 5.80. The number of nitrogens with zero attached hydrogens (tertiary/aromatic N) is 2. The number of rotatable bonds is 3. The molecular weight excluding hydrogens is 286 g/mol. The lowest BCUT2D eigenvalue weighted by molar-refractivity contribution is 0.475. The van der Waals surface area contributed by atoms with Crippen molar-refractivity contribution in [2.45, 2.75) is 0 Å². The number of benzene rings is 2. The van der Waals surface area contributed by atoms with Gasteiger partial charge in [0.1, 0.15) is 11.6 Å². The summed E-state index contributed by atoms with van der Waals surface area (Å²) >= 11 is 0. The Kier molecular flexibility index (Phi) is 3.89. The van der Waals surface area contributed by atoms with Crippen molar-refractivity contribution in [3.05, 3.63) is 60.8 Å². The van der Waals surface area contributed by atoms with Crippen LogP contribution in [0.25, 0.3) is 22.3 Å². The Hall–Kier alpha value is -3.01. The number of anilines is 2. The number of aromatic hydroxyl groups is 1. The van der Waals surface area contributed by atoms with E-state index in [-0.39, 0.29) is 5.75 Å². The predicted molar refractivity (Wildman–Crippen MR) is 95.5 cm³/mol. The number of nitrogens with two attached hydrogens (primary N) is 1. The summed E-state index contributed by atoms with van der Waals surface area (Å²) in [4.78, 5) is 6.38. The molecular formula is C19H19N3O. The van der Waals surface area contributed by atoms with Gasteiger partial charge in [-0.3, -0.25) is 0 Å². The average Bonchev–Trinajstić information content (AvgIpc) is 2.55. The molecule has 0 spiro atoms. The fourth-order valence-corrected chi connectivity index (χ4v) is 2.50. The second-order valence-corrected chi connectivity index (χ2v) is 5.65. The van der Waals surface area contributed by atoms with Gasteiger partial charge in [-0.25, -0.2) is 4.98 Å². The van der Waals surface area contributed by atoms with Gasteiger partial charge in [-0.15, -0.1) is 0 Å². The van der Waals surface area contributed by atoms with E-state index < -0.39 is 0 Å². The van der Waals surface area contributed by atoms with Crippen LogP contribution in [0.4, 0.5) is 11.5 Å². The summed E-state index contributed by atoms with van der Waals surface area (Å²) in [7, 11) is 4.02. The number of hydrogen-bond acceptors (Lipinski definition) is 4. The SMILES string of the molecule is CN(C)c1cccc(-c2cnc(N)c(-c3cccc(O)c3)c2)c1. The maximum absolute atomic E-state index is 9.68. The van der Waals surface area contributed by atoms with Gasteiger partial charge in [0.25, 0.3) is 0 Å². The van der Waals surface area contributed by atoms with Crippen molar-refractivity contribution < 1.29 is 5.11 Å². The van der Waals surface area contributed by atoms with E-state index >= 15 is 0 Å². The molecule has 0 unspecified atom stereocenters. The first-order chi connectivity index (χ1) is 11.0.